The lowest BCUT2D eigenvalue weighted by Crippen LogP contribution is -2.42. The summed E-state index contributed by atoms with van der Waals surface area (Å²) in [7, 11) is 1.83. The molecule has 0 bridgehead atoms. The lowest BCUT2D eigenvalue weighted by atomic mass is 10.2. The monoisotopic (exact) mass is 502 g/mol. The van der Waals surface area contributed by atoms with Crippen LogP contribution in [0.2, 0.25) is 0 Å². The zero-order valence-electron chi connectivity index (χ0n) is 18.1. The Morgan fingerprint density at radius 3 is 2.54 bits per heavy atom. The van der Waals surface area contributed by atoms with E-state index in [1.807, 2.05) is 13.2 Å². The van der Waals surface area contributed by atoms with Crippen LogP contribution in [0.5, 0.6) is 0 Å². The number of hydrogen-bond acceptors (Lipinski definition) is 4. The van der Waals surface area contributed by atoms with Gasteiger partial charge in [-0.3, -0.25) is 4.99 Å². The maximum absolute atomic E-state index is 4.62. The van der Waals surface area contributed by atoms with Gasteiger partial charge in [0.15, 0.2) is 5.96 Å². The molecule has 6 nitrogen and oxygen atoms in total. The van der Waals surface area contributed by atoms with Crippen LogP contribution in [-0.2, 0) is 6.54 Å². The van der Waals surface area contributed by atoms with Crippen molar-refractivity contribution in [2.45, 2.75) is 59.0 Å². The van der Waals surface area contributed by atoms with Gasteiger partial charge in [-0.2, -0.15) is 0 Å². The summed E-state index contributed by atoms with van der Waals surface area (Å²) in [6.45, 7) is 13.1. The van der Waals surface area contributed by atoms with Crippen molar-refractivity contribution >= 4 is 35.8 Å². The van der Waals surface area contributed by atoms with Crippen molar-refractivity contribution < 1.29 is 0 Å². The van der Waals surface area contributed by atoms with Gasteiger partial charge in [0.05, 0.1) is 0 Å². The van der Waals surface area contributed by atoms with Crippen LogP contribution >= 0.6 is 24.0 Å². The Morgan fingerprint density at radius 1 is 1.25 bits per heavy atom. The second-order valence-electron chi connectivity index (χ2n) is 7.36. The predicted molar refractivity (Wildman–Crippen MR) is 131 cm³/mol. The number of nitrogens with zero attached hydrogens (tertiary/aromatic N) is 4. The number of nitrogens with one attached hydrogen (secondary N) is 2. The molecule has 0 aliphatic carbocycles. The molecule has 1 aromatic heterocycles. The Kier molecular flexibility index (Phi) is 12.5. The van der Waals surface area contributed by atoms with Crippen molar-refractivity contribution in [3.8, 4) is 0 Å². The summed E-state index contributed by atoms with van der Waals surface area (Å²) in [5.41, 5.74) is 1.18. The highest BCUT2D eigenvalue weighted by molar-refractivity contribution is 14.0. The first-order valence-electron chi connectivity index (χ1n) is 10.6. The van der Waals surface area contributed by atoms with Gasteiger partial charge in [0.25, 0.3) is 0 Å². The Labute approximate surface area is 188 Å². The summed E-state index contributed by atoms with van der Waals surface area (Å²) in [5, 5.41) is 6.90. The van der Waals surface area contributed by atoms with Gasteiger partial charge in [0, 0.05) is 38.9 Å². The van der Waals surface area contributed by atoms with Gasteiger partial charge in [-0.25, -0.2) is 4.98 Å². The van der Waals surface area contributed by atoms with E-state index >= 15 is 0 Å². The number of aromatic nitrogens is 1. The van der Waals surface area contributed by atoms with Crippen LogP contribution in [-0.4, -0.2) is 61.7 Å². The van der Waals surface area contributed by atoms with Crippen LogP contribution in [0.4, 0.5) is 5.82 Å². The molecule has 7 heteroatoms. The molecule has 0 amide bonds. The molecule has 0 saturated carbocycles. The van der Waals surface area contributed by atoms with E-state index in [1.54, 1.807) is 0 Å². The minimum atomic E-state index is 0. The number of hydrogen-bond donors (Lipinski definition) is 2. The normalized spacial score (nSPS) is 15.5. The zero-order chi connectivity index (χ0) is 19.5. The van der Waals surface area contributed by atoms with Crippen molar-refractivity contribution in [1.82, 2.24) is 20.5 Å². The molecule has 28 heavy (non-hydrogen) atoms. The van der Waals surface area contributed by atoms with Crippen LogP contribution < -0.4 is 15.5 Å². The number of rotatable bonds is 10. The molecule has 1 aliphatic rings. The number of guanidine groups is 1. The largest absolute Gasteiger partial charge is 0.357 e. The van der Waals surface area contributed by atoms with Gasteiger partial charge < -0.3 is 20.4 Å². The third-order valence-corrected chi connectivity index (χ3v) is 5.31. The van der Waals surface area contributed by atoms with Gasteiger partial charge in [-0.15, -0.1) is 24.0 Å². The smallest absolute Gasteiger partial charge is 0.191 e. The molecular weight excluding hydrogens is 463 g/mol. The highest BCUT2D eigenvalue weighted by atomic mass is 127. The highest BCUT2D eigenvalue weighted by Crippen LogP contribution is 2.17. The van der Waals surface area contributed by atoms with E-state index in [9.17, 15) is 0 Å². The van der Waals surface area contributed by atoms with Gasteiger partial charge in [0.2, 0.25) is 0 Å². The summed E-state index contributed by atoms with van der Waals surface area (Å²) in [5.74, 6) is 1.95. The fourth-order valence-corrected chi connectivity index (χ4v) is 3.50. The summed E-state index contributed by atoms with van der Waals surface area (Å²) in [6, 6.07) is 4.70. The van der Waals surface area contributed by atoms with Crippen LogP contribution in [0.3, 0.4) is 0 Å². The van der Waals surface area contributed by atoms with E-state index < -0.39 is 0 Å². The molecule has 1 atom stereocenters. The topological polar surface area (TPSA) is 55.8 Å². The number of aliphatic imine (C=N–C) groups is 1. The van der Waals surface area contributed by atoms with E-state index in [0.717, 1.165) is 50.9 Å². The summed E-state index contributed by atoms with van der Waals surface area (Å²) < 4.78 is 0. The molecule has 0 radical (unpaired) electrons. The standard InChI is InChI=1S/C21H38N6.HI/c1-5-26(6-2)13-9-10-18(3)25-21(22-4)24-17-19-11-12-20(23-16-19)27-14-7-8-15-27;/h11-12,16,18H,5-10,13-15,17H2,1-4H3,(H2,22,24,25);1H. The number of halogens is 1. The number of pyridine rings is 1. The van der Waals surface area contributed by atoms with Crippen LogP contribution in [0.15, 0.2) is 23.3 Å². The number of anilines is 1. The van der Waals surface area contributed by atoms with E-state index in [2.05, 4.69) is 63.3 Å². The predicted octanol–water partition coefficient (Wildman–Crippen LogP) is 3.48. The highest BCUT2D eigenvalue weighted by Gasteiger charge is 2.13. The minimum absolute atomic E-state index is 0. The average Bonchev–Trinajstić information content (AvgIpc) is 3.23. The summed E-state index contributed by atoms with van der Waals surface area (Å²) in [6.07, 6.45) is 6.87. The molecule has 0 spiro atoms. The van der Waals surface area contributed by atoms with Gasteiger partial charge >= 0.3 is 0 Å². The third-order valence-electron chi connectivity index (χ3n) is 5.31. The zero-order valence-corrected chi connectivity index (χ0v) is 20.4. The van der Waals surface area contributed by atoms with Gasteiger partial charge in [-0.05, 0) is 63.9 Å². The second kappa shape index (κ2) is 14.0. The maximum Gasteiger partial charge on any atom is 0.191 e. The van der Waals surface area contributed by atoms with Crippen molar-refractivity contribution in [2.24, 2.45) is 4.99 Å². The van der Waals surface area contributed by atoms with Gasteiger partial charge in [0.1, 0.15) is 5.82 Å². The van der Waals surface area contributed by atoms with Crippen LogP contribution in [0.25, 0.3) is 0 Å². The van der Waals surface area contributed by atoms with Crippen molar-refractivity contribution in [2.75, 3.05) is 44.7 Å². The minimum Gasteiger partial charge on any atom is -0.357 e. The fourth-order valence-electron chi connectivity index (χ4n) is 3.50. The molecule has 1 unspecified atom stereocenters. The van der Waals surface area contributed by atoms with Gasteiger partial charge in [-0.1, -0.05) is 19.9 Å². The summed E-state index contributed by atoms with van der Waals surface area (Å²) in [4.78, 5) is 13.8. The van der Waals surface area contributed by atoms with E-state index in [1.165, 1.54) is 31.4 Å². The van der Waals surface area contributed by atoms with E-state index in [4.69, 9.17) is 0 Å². The summed E-state index contributed by atoms with van der Waals surface area (Å²) >= 11 is 0. The molecule has 0 aromatic carbocycles. The Hall–Kier alpha value is -1.09. The van der Waals surface area contributed by atoms with E-state index in [0.29, 0.717) is 6.04 Å². The molecule has 1 aliphatic heterocycles. The molecule has 160 valence electrons. The Bertz CT molecular complexity index is 553. The van der Waals surface area contributed by atoms with Crippen molar-refractivity contribution in [3.63, 3.8) is 0 Å². The molecule has 1 fully saturated rings. The SMILES string of the molecule is CCN(CC)CCCC(C)NC(=NC)NCc1ccc(N2CCCC2)nc1.I. The first-order chi connectivity index (χ1) is 13.2. The molecule has 1 saturated heterocycles. The van der Waals surface area contributed by atoms with E-state index in [-0.39, 0.29) is 24.0 Å². The second-order valence-corrected chi connectivity index (χ2v) is 7.36. The van der Waals surface area contributed by atoms with Crippen molar-refractivity contribution in [1.29, 1.82) is 0 Å². The maximum atomic E-state index is 4.62. The molecular formula is C21H39IN6. The average molecular weight is 502 g/mol. The molecule has 2 N–H and O–H groups in total. The third kappa shape index (κ3) is 8.51. The fraction of sp³-hybridized carbons (Fsp3) is 0.714. The molecule has 2 rings (SSSR count). The lowest BCUT2D eigenvalue weighted by molar-refractivity contribution is 0.292. The van der Waals surface area contributed by atoms with Crippen molar-refractivity contribution in [3.05, 3.63) is 23.9 Å². The van der Waals surface area contributed by atoms with Crippen LogP contribution in [0, 0.1) is 0 Å². The van der Waals surface area contributed by atoms with Crippen LogP contribution in [0.1, 0.15) is 52.0 Å². The first kappa shape index (κ1) is 24.9. The lowest BCUT2D eigenvalue weighted by Gasteiger charge is -2.21. The Morgan fingerprint density at radius 2 is 1.96 bits per heavy atom. The first-order valence-corrected chi connectivity index (χ1v) is 10.6. The molecule has 2 heterocycles. The quantitative estimate of drug-likeness (QED) is 0.292. The Balaban J connectivity index is 0.00000392. The molecule has 1 aromatic rings.